The summed E-state index contributed by atoms with van der Waals surface area (Å²) in [5.74, 6) is 0.0293. The third kappa shape index (κ3) is 3.13. The van der Waals surface area contributed by atoms with Gasteiger partial charge in [0.05, 0.1) is 6.04 Å². The molecule has 3 aliphatic rings. The summed E-state index contributed by atoms with van der Waals surface area (Å²) < 4.78 is 0. The largest absolute Gasteiger partial charge is 0.380 e. The first kappa shape index (κ1) is 15.7. The maximum Gasteiger partial charge on any atom is 0.254 e. The molecule has 0 aromatic carbocycles. The normalized spacial score (nSPS) is 30.0. The number of nitrogens with one attached hydrogen (secondary N) is 1. The van der Waals surface area contributed by atoms with Gasteiger partial charge in [-0.25, -0.2) is 0 Å². The highest BCUT2D eigenvalue weighted by Gasteiger charge is 2.42. The van der Waals surface area contributed by atoms with Crippen molar-refractivity contribution in [3.05, 3.63) is 0 Å². The molecule has 2 aliphatic heterocycles. The SMILES string of the molecule is O=C1NCCCCC1N1CCN(C(=O)C2(O)CCCC2)CC1. The van der Waals surface area contributed by atoms with E-state index in [9.17, 15) is 14.7 Å². The van der Waals surface area contributed by atoms with E-state index in [2.05, 4.69) is 10.2 Å². The first-order chi connectivity index (χ1) is 10.6. The second-order valence-electron chi connectivity index (χ2n) is 6.87. The van der Waals surface area contributed by atoms with Crippen LogP contribution in [-0.4, -0.2) is 71.1 Å². The Kier molecular flexibility index (Phi) is 4.68. The van der Waals surface area contributed by atoms with Gasteiger partial charge in [-0.1, -0.05) is 0 Å². The highest BCUT2D eigenvalue weighted by atomic mass is 16.3. The zero-order chi connectivity index (χ0) is 15.6. The van der Waals surface area contributed by atoms with Crippen LogP contribution in [0.3, 0.4) is 0 Å². The topological polar surface area (TPSA) is 72.9 Å². The van der Waals surface area contributed by atoms with E-state index >= 15 is 0 Å². The first-order valence-corrected chi connectivity index (χ1v) is 8.64. The summed E-state index contributed by atoms with van der Waals surface area (Å²) in [4.78, 5) is 28.6. The fraction of sp³-hybridized carbons (Fsp3) is 0.875. The Bertz CT molecular complexity index is 426. The van der Waals surface area contributed by atoms with Crippen LogP contribution in [0, 0.1) is 0 Å². The number of nitrogens with zero attached hydrogens (tertiary/aromatic N) is 2. The van der Waals surface area contributed by atoms with E-state index in [4.69, 9.17) is 0 Å². The molecule has 0 spiro atoms. The van der Waals surface area contributed by atoms with Crippen molar-refractivity contribution in [2.24, 2.45) is 0 Å². The van der Waals surface area contributed by atoms with E-state index in [1.54, 1.807) is 4.90 Å². The summed E-state index contributed by atoms with van der Waals surface area (Å²) in [5.41, 5.74) is -1.12. The number of amides is 2. The molecule has 6 nitrogen and oxygen atoms in total. The lowest BCUT2D eigenvalue weighted by Gasteiger charge is -2.40. The third-order valence-electron chi connectivity index (χ3n) is 5.38. The van der Waals surface area contributed by atoms with Crippen LogP contribution in [0.4, 0.5) is 0 Å². The Labute approximate surface area is 131 Å². The number of hydrogen-bond acceptors (Lipinski definition) is 4. The van der Waals surface area contributed by atoms with Crippen molar-refractivity contribution in [1.29, 1.82) is 0 Å². The minimum absolute atomic E-state index is 0.0469. The molecule has 3 rings (SSSR count). The van der Waals surface area contributed by atoms with Crippen molar-refractivity contribution in [3.8, 4) is 0 Å². The monoisotopic (exact) mass is 309 g/mol. The molecule has 3 fully saturated rings. The molecule has 1 atom stereocenters. The molecule has 1 aliphatic carbocycles. The van der Waals surface area contributed by atoms with Crippen LogP contribution in [0.2, 0.25) is 0 Å². The van der Waals surface area contributed by atoms with Crippen LogP contribution in [0.15, 0.2) is 0 Å². The van der Waals surface area contributed by atoms with Crippen molar-refractivity contribution in [2.45, 2.75) is 56.6 Å². The molecule has 6 heteroatoms. The zero-order valence-corrected chi connectivity index (χ0v) is 13.2. The molecular formula is C16H27N3O3. The molecule has 124 valence electrons. The van der Waals surface area contributed by atoms with Crippen molar-refractivity contribution >= 4 is 11.8 Å². The minimum atomic E-state index is -1.12. The number of aliphatic hydroxyl groups is 1. The average molecular weight is 309 g/mol. The summed E-state index contributed by atoms with van der Waals surface area (Å²) in [7, 11) is 0. The molecule has 2 amide bonds. The van der Waals surface area contributed by atoms with Crippen molar-refractivity contribution in [3.63, 3.8) is 0 Å². The van der Waals surface area contributed by atoms with Gasteiger partial charge in [-0.3, -0.25) is 14.5 Å². The second-order valence-corrected chi connectivity index (χ2v) is 6.87. The van der Waals surface area contributed by atoms with Gasteiger partial charge in [0.25, 0.3) is 5.91 Å². The number of hydrogen-bond donors (Lipinski definition) is 2. The van der Waals surface area contributed by atoms with Gasteiger partial charge >= 0.3 is 0 Å². The van der Waals surface area contributed by atoms with Crippen LogP contribution < -0.4 is 5.32 Å². The smallest absolute Gasteiger partial charge is 0.254 e. The lowest BCUT2D eigenvalue weighted by molar-refractivity contribution is -0.153. The van der Waals surface area contributed by atoms with Gasteiger partial charge in [0.15, 0.2) is 0 Å². The van der Waals surface area contributed by atoms with Gasteiger partial charge < -0.3 is 15.3 Å². The Balaban J connectivity index is 1.55. The zero-order valence-electron chi connectivity index (χ0n) is 13.2. The Morgan fingerprint density at radius 3 is 2.45 bits per heavy atom. The number of carbonyl (C=O) groups is 2. The molecule has 22 heavy (non-hydrogen) atoms. The van der Waals surface area contributed by atoms with Crippen LogP contribution in [0.5, 0.6) is 0 Å². The molecule has 1 unspecified atom stereocenters. The Hall–Kier alpha value is -1.14. The van der Waals surface area contributed by atoms with E-state index < -0.39 is 5.60 Å². The molecular weight excluding hydrogens is 282 g/mol. The van der Waals surface area contributed by atoms with E-state index in [0.717, 1.165) is 51.7 Å². The van der Waals surface area contributed by atoms with Crippen LogP contribution in [-0.2, 0) is 9.59 Å². The number of rotatable bonds is 2. The van der Waals surface area contributed by atoms with E-state index in [0.29, 0.717) is 25.9 Å². The van der Waals surface area contributed by atoms with Gasteiger partial charge in [0.2, 0.25) is 5.91 Å². The van der Waals surface area contributed by atoms with Crippen LogP contribution in [0.25, 0.3) is 0 Å². The quantitative estimate of drug-likeness (QED) is 0.759. The molecule has 1 saturated carbocycles. The molecule has 0 aromatic heterocycles. The standard InChI is InChI=1S/C16H27N3O3/c20-14-13(5-1-4-8-17-14)18-9-11-19(12-10-18)15(21)16(22)6-2-3-7-16/h13,22H,1-12H2,(H,17,20). The molecule has 2 heterocycles. The summed E-state index contributed by atoms with van der Waals surface area (Å²) in [6.07, 6.45) is 6.09. The van der Waals surface area contributed by atoms with E-state index in [1.807, 2.05) is 0 Å². The highest BCUT2D eigenvalue weighted by Crippen LogP contribution is 2.31. The summed E-state index contributed by atoms with van der Waals surface area (Å²) >= 11 is 0. The maximum absolute atomic E-state index is 12.5. The van der Waals surface area contributed by atoms with Crippen LogP contribution in [0.1, 0.15) is 44.9 Å². The fourth-order valence-electron chi connectivity index (χ4n) is 3.98. The minimum Gasteiger partial charge on any atom is -0.380 e. The molecule has 0 radical (unpaired) electrons. The Morgan fingerprint density at radius 2 is 1.77 bits per heavy atom. The maximum atomic E-state index is 12.5. The summed E-state index contributed by atoms with van der Waals surface area (Å²) in [6, 6.07) is -0.0469. The van der Waals surface area contributed by atoms with E-state index in [-0.39, 0.29) is 17.9 Å². The summed E-state index contributed by atoms with van der Waals surface area (Å²) in [6.45, 7) is 3.45. The number of piperazine rings is 1. The van der Waals surface area contributed by atoms with E-state index in [1.165, 1.54) is 0 Å². The van der Waals surface area contributed by atoms with Gasteiger partial charge in [-0.15, -0.1) is 0 Å². The van der Waals surface area contributed by atoms with Gasteiger partial charge in [0.1, 0.15) is 5.60 Å². The summed E-state index contributed by atoms with van der Waals surface area (Å²) in [5, 5.41) is 13.4. The van der Waals surface area contributed by atoms with Crippen molar-refractivity contribution < 1.29 is 14.7 Å². The molecule has 2 saturated heterocycles. The van der Waals surface area contributed by atoms with Crippen molar-refractivity contribution in [2.75, 3.05) is 32.7 Å². The predicted molar refractivity (Wildman–Crippen MR) is 82.2 cm³/mol. The predicted octanol–water partition coefficient (Wildman–Crippen LogP) is 0.104. The molecule has 0 bridgehead atoms. The number of carbonyl (C=O) groups excluding carboxylic acids is 2. The highest BCUT2D eigenvalue weighted by molar-refractivity contribution is 5.85. The lowest BCUT2D eigenvalue weighted by atomic mass is 10.00. The van der Waals surface area contributed by atoms with Gasteiger partial charge in [-0.2, -0.15) is 0 Å². The third-order valence-corrected chi connectivity index (χ3v) is 5.38. The average Bonchev–Trinajstić information content (AvgIpc) is 2.87. The van der Waals surface area contributed by atoms with Crippen LogP contribution >= 0.6 is 0 Å². The van der Waals surface area contributed by atoms with Gasteiger partial charge in [-0.05, 0) is 44.9 Å². The fourth-order valence-corrected chi connectivity index (χ4v) is 3.98. The lowest BCUT2D eigenvalue weighted by Crippen LogP contribution is -2.58. The van der Waals surface area contributed by atoms with Gasteiger partial charge in [0, 0.05) is 32.7 Å². The molecule has 0 aromatic rings. The van der Waals surface area contributed by atoms with Crippen molar-refractivity contribution in [1.82, 2.24) is 15.1 Å². The Morgan fingerprint density at radius 1 is 1.09 bits per heavy atom. The molecule has 2 N–H and O–H groups in total. The second kappa shape index (κ2) is 6.54. The first-order valence-electron chi connectivity index (χ1n) is 8.64.